The molecule has 4 nitrogen and oxygen atoms in total. The first kappa shape index (κ1) is 12.6. The average molecular weight is 275 g/mol. The van der Waals surface area contributed by atoms with Gasteiger partial charge in [0, 0.05) is 5.69 Å². The molecule has 0 spiro atoms. The molecule has 0 radical (unpaired) electrons. The van der Waals surface area contributed by atoms with Crippen LogP contribution in [-0.2, 0) is 6.18 Å². The third-order valence-corrected chi connectivity index (χ3v) is 2.94. The maximum absolute atomic E-state index is 12.3. The Hall–Kier alpha value is -1.83. The SMILES string of the molecule is Cc1cc(Oc2nnc(C(F)(F)F)s2)ccc1N. The lowest BCUT2D eigenvalue weighted by atomic mass is 10.2. The van der Waals surface area contributed by atoms with Crippen molar-refractivity contribution in [1.82, 2.24) is 10.2 Å². The van der Waals surface area contributed by atoms with Crippen molar-refractivity contribution in [3.63, 3.8) is 0 Å². The van der Waals surface area contributed by atoms with E-state index < -0.39 is 11.2 Å². The second-order valence-corrected chi connectivity index (χ2v) is 4.43. The van der Waals surface area contributed by atoms with Crippen molar-refractivity contribution >= 4 is 17.0 Å². The molecule has 0 saturated carbocycles. The summed E-state index contributed by atoms with van der Waals surface area (Å²) in [6.07, 6.45) is -4.50. The van der Waals surface area contributed by atoms with E-state index in [0.717, 1.165) is 5.56 Å². The third-order valence-electron chi connectivity index (χ3n) is 2.10. The molecule has 0 aliphatic carbocycles. The molecule has 18 heavy (non-hydrogen) atoms. The number of nitrogen functional groups attached to an aromatic ring is 1. The summed E-state index contributed by atoms with van der Waals surface area (Å²) in [4.78, 5) is 0. The zero-order valence-corrected chi connectivity index (χ0v) is 9.97. The normalized spacial score (nSPS) is 11.6. The van der Waals surface area contributed by atoms with Gasteiger partial charge in [0.1, 0.15) is 5.75 Å². The fourth-order valence-corrected chi connectivity index (χ4v) is 1.76. The number of ether oxygens (including phenoxy) is 1. The number of alkyl halides is 3. The van der Waals surface area contributed by atoms with Gasteiger partial charge in [-0.25, -0.2) is 0 Å². The van der Waals surface area contributed by atoms with Crippen LogP contribution in [0.4, 0.5) is 18.9 Å². The number of hydrogen-bond donors (Lipinski definition) is 1. The third kappa shape index (κ3) is 2.70. The number of anilines is 1. The van der Waals surface area contributed by atoms with Gasteiger partial charge in [0.05, 0.1) is 0 Å². The topological polar surface area (TPSA) is 61.0 Å². The minimum Gasteiger partial charge on any atom is -0.430 e. The molecular weight excluding hydrogens is 267 g/mol. The standard InChI is InChI=1S/C10H8F3N3OS/c1-5-4-6(2-3-7(5)14)17-9-16-15-8(18-9)10(11,12)13/h2-4H,14H2,1H3. The monoisotopic (exact) mass is 275 g/mol. The smallest absolute Gasteiger partial charge is 0.430 e. The van der Waals surface area contributed by atoms with E-state index in [4.69, 9.17) is 10.5 Å². The van der Waals surface area contributed by atoms with Crippen LogP contribution in [0.1, 0.15) is 10.6 Å². The first-order valence-corrected chi connectivity index (χ1v) is 5.62. The van der Waals surface area contributed by atoms with Gasteiger partial charge in [0.25, 0.3) is 5.19 Å². The molecule has 1 aromatic carbocycles. The summed E-state index contributed by atoms with van der Waals surface area (Å²) in [5.41, 5.74) is 6.96. The summed E-state index contributed by atoms with van der Waals surface area (Å²) in [5, 5.41) is 5.14. The van der Waals surface area contributed by atoms with Crippen molar-refractivity contribution in [3.05, 3.63) is 28.8 Å². The summed E-state index contributed by atoms with van der Waals surface area (Å²) in [6, 6.07) is 4.78. The number of benzene rings is 1. The van der Waals surface area contributed by atoms with Crippen LogP contribution in [-0.4, -0.2) is 10.2 Å². The molecule has 0 aliphatic heterocycles. The minimum atomic E-state index is -4.50. The lowest BCUT2D eigenvalue weighted by Gasteiger charge is -2.04. The first-order valence-electron chi connectivity index (χ1n) is 4.81. The van der Waals surface area contributed by atoms with Crippen LogP contribution in [0, 0.1) is 6.92 Å². The van der Waals surface area contributed by atoms with Crippen LogP contribution < -0.4 is 10.5 Å². The second kappa shape index (κ2) is 4.45. The predicted molar refractivity (Wildman–Crippen MR) is 60.6 cm³/mol. The molecule has 2 aromatic rings. The van der Waals surface area contributed by atoms with Gasteiger partial charge < -0.3 is 10.5 Å². The number of rotatable bonds is 2. The largest absolute Gasteiger partial charge is 0.445 e. The number of aryl methyl sites for hydroxylation is 1. The van der Waals surface area contributed by atoms with E-state index >= 15 is 0 Å². The first-order chi connectivity index (χ1) is 8.36. The number of aromatic nitrogens is 2. The fourth-order valence-electron chi connectivity index (χ4n) is 1.18. The van der Waals surface area contributed by atoms with Crippen LogP contribution >= 0.6 is 11.3 Å². The minimum absolute atomic E-state index is 0.161. The van der Waals surface area contributed by atoms with Gasteiger partial charge in [-0.1, -0.05) is 16.4 Å². The summed E-state index contributed by atoms with van der Waals surface area (Å²) >= 11 is 0.344. The molecule has 0 saturated heterocycles. The van der Waals surface area contributed by atoms with Gasteiger partial charge in [-0.2, -0.15) is 13.2 Å². The maximum Gasteiger partial charge on any atom is 0.445 e. The van der Waals surface area contributed by atoms with E-state index in [9.17, 15) is 13.2 Å². The van der Waals surface area contributed by atoms with Crippen molar-refractivity contribution < 1.29 is 17.9 Å². The Kier molecular flexibility index (Phi) is 3.12. The predicted octanol–water partition coefficient (Wildman–Crippen LogP) is 3.24. The fraction of sp³-hybridized carbons (Fsp3) is 0.200. The highest BCUT2D eigenvalue weighted by atomic mass is 32.1. The van der Waals surface area contributed by atoms with Gasteiger partial charge in [-0.15, -0.1) is 5.10 Å². The number of nitrogens with zero attached hydrogens (tertiary/aromatic N) is 2. The van der Waals surface area contributed by atoms with Gasteiger partial charge >= 0.3 is 6.18 Å². The molecule has 8 heteroatoms. The Labute approximate surface area is 104 Å². The summed E-state index contributed by atoms with van der Waals surface area (Å²) in [7, 11) is 0. The highest BCUT2D eigenvalue weighted by Gasteiger charge is 2.36. The number of nitrogens with two attached hydrogens (primary N) is 1. The lowest BCUT2D eigenvalue weighted by Crippen LogP contribution is -2.03. The van der Waals surface area contributed by atoms with Gasteiger partial charge in [-0.05, 0) is 30.7 Å². The van der Waals surface area contributed by atoms with Crippen molar-refractivity contribution in [2.45, 2.75) is 13.1 Å². The molecule has 0 fully saturated rings. The molecule has 0 amide bonds. The molecule has 2 rings (SSSR count). The zero-order valence-electron chi connectivity index (χ0n) is 9.15. The van der Waals surface area contributed by atoms with E-state index in [1.165, 1.54) is 0 Å². The second-order valence-electron chi connectivity index (χ2n) is 3.49. The average Bonchev–Trinajstić information content (AvgIpc) is 2.72. The lowest BCUT2D eigenvalue weighted by molar-refractivity contribution is -0.138. The van der Waals surface area contributed by atoms with Gasteiger partial charge in [-0.3, -0.25) is 0 Å². The summed E-state index contributed by atoms with van der Waals surface area (Å²) < 4.78 is 42.1. The molecule has 0 unspecified atom stereocenters. The van der Waals surface area contributed by atoms with Gasteiger partial charge in [0.2, 0.25) is 5.01 Å². The van der Waals surface area contributed by atoms with Crippen molar-refractivity contribution in [2.75, 3.05) is 5.73 Å². The Morgan fingerprint density at radius 2 is 2.00 bits per heavy atom. The van der Waals surface area contributed by atoms with E-state index in [-0.39, 0.29) is 5.19 Å². The number of hydrogen-bond acceptors (Lipinski definition) is 5. The molecular formula is C10H8F3N3OS. The van der Waals surface area contributed by atoms with Crippen LogP contribution in [0.15, 0.2) is 18.2 Å². The Balaban J connectivity index is 2.19. The molecule has 96 valence electrons. The Morgan fingerprint density at radius 1 is 1.28 bits per heavy atom. The maximum atomic E-state index is 12.3. The van der Waals surface area contributed by atoms with Crippen molar-refractivity contribution in [3.8, 4) is 10.9 Å². The molecule has 2 N–H and O–H groups in total. The number of halogens is 3. The van der Waals surface area contributed by atoms with Crippen LogP contribution in [0.25, 0.3) is 0 Å². The van der Waals surface area contributed by atoms with E-state index in [0.29, 0.717) is 22.8 Å². The van der Waals surface area contributed by atoms with Crippen molar-refractivity contribution in [2.24, 2.45) is 0 Å². The Bertz CT molecular complexity index is 568. The quantitative estimate of drug-likeness (QED) is 0.855. The van der Waals surface area contributed by atoms with E-state index in [1.54, 1.807) is 25.1 Å². The summed E-state index contributed by atoms with van der Waals surface area (Å²) in [5.74, 6) is 0.367. The zero-order chi connectivity index (χ0) is 13.3. The molecule has 1 heterocycles. The Morgan fingerprint density at radius 3 is 2.56 bits per heavy atom. The highest BCUT2D eigenvalue weighted by molar-refractivity contribution is 7.13. The molecule has 0 bridgehead atoms. The highest BCUT2D eigenvalue weighted by Crippen LogP contribution is 2.35. The van der Waals surface area contributed by atoms with Crippen LogP contribution in [0.5, 0.6) is 10.9 Å². The van der Waals surface area contributed by atoms with Crippen LogP contribution in [0.3, 0.4) is 0 Å². The van der Waals surface area contributed by atoms with E-state index in [2.05, 4.69) is 10.2 Å². The molecule has 0 atom stereocenters. The van der Waals surface area contributed by atoms with Crippen LogP contribution in [0.2, 0.25) is 0 Å². The van der Waals surface area contributed by atoms with Crippen molar-refractivity contribution in [1.29, 1.82) is 0 Å². The van der Waals surface area contributed by atoms with E-state index in [1.807, 2.05) is 0 Å². The van der Waals surface area contributed by atoms with Gasteiger partial charge in [0.15, 0.2) is 0 Å². The molecule has 1 aromatic heterocycles. The summed E-state index contributed by atoms with van der Waals surface area (Å²) in [6.45, 7) is 1.77. The molecule has 0 aliphatic rings.